The summed E-state index contributed by atoms with van der Waals surface area (Å²) >= 11 is 1.33. The second-order valence-corrected chi connectivity index (χ2v) is 10.0. The Labute approximate surface area is 226 Å². The number of halogens is 1. The molecule has 5 rings (SSSR count). The van der Waals surface area contributed by atoms with Gasteiger partial charge in [-0.3, -0.25) is 23.9 Å². The van der Waals surface area contributed by atoms with Crippen LogP contribution < -0.4 is 4.90 Å². The minimum absolute atomic E-state index is 0.0610. The first-order valence-electron chi connectivity index (χ1n) is 12.1. The Hall–Kier alpha value is -4.64. The molecule has 0 saturated carbocycles. The third-order valence-corrected chi connectivity index (χ3v) is 7.68. The number of carboxylic acids is 1. The molecule has 0 fully saturated rings. The SMILES string of the molecule is CCc1cc(C(=O)c2ccccc2F)c(-n2c(C)nnc2N(C)C(=O)c2cc3ccccc3n2CC(=O)O)s1. The summed E-state index contributed by atoms with van der Waals surface area (Å²) < 4.78 is 17.6. The van der Waals surface area contributed by atoms with Crippen molar-refractivity contribution in [2.75, 3.05) is 11.9 Å². The normalized spacial score (nSPS) is 11.2. The van der Waals surface area contributed by atoms with E-state index < -0.39 is 30.0 Å². The van der Waals surface area contributed by atoms with Crippen LogP contribution in [0.3, 0.4) is 0 Å². The van der Waals surface area contributed by atoms with E-state index in [1.165, 1.54) is 46.1 Å². The zero-order chi connectivity index (χ0) is 27.8. The molecule has 39 heavy (non-hydrogen) atoms. The lowest BCUT2D eigenvalue weighted by Crippen LogP contribution is -2.31. The summed E-state index contributed by atoms with van der Waals surface area (Å²) in [6.07, 6.45) is 0.642. The fourth-order valence-electron chi connectivity index (χ4n) is 4.49. The maximum Gasteiger partial charge on any atom is 0.323 e. The molecule has 3 heterocycles. The Morgan fingerprint density at radius 3 is 2.46 bits per heavy atom. The van der Waals surface area contributed by atoms with E-state index in [0.29, 0.717) is 22.8 Å². The van der Waals surface area contributed by atoms with E-state index in [0.717, 1.165) is 10.3 Å². The van der Waals surface area contributed by atoms with Crippen LogP contribution in [0.4, 0.5) is 10.3 Å². The Bertz CT molecular complexity index is 1750. The average Bonchev–Trinajstić information content (AvgIpc) is 3.62. The predicted molar refractivity (Wildman–Crippen MR) is 145 cm³/mol. The summed E-state index contributed by atoms with van der Waals surface area (Å²) in [5, 5.41) is 19.1. The van der Waals surface area contributed by atoms with Gasteiger partial charge in [-0.05, 0) is 43.7 Å². The number of benzene rings is 2. The van der Waals surface area contributed by atoms with Gasteiger partial charge in [0, 0.05) is 22.8 Å². The van der Waals surface area contributed by atoms with E-state index in [9.17, 15) is 23.9 Å². The summed E-state index contributed by atoms with van der Waals surface area (Å²) in [5.41, 5.74) is 0.982. The molecule has 0 bridgehead atoms. The maximum atomic E-state index is 14.5. The fraction of sp³-hybridized carbons (Fsp3) is 0.179. The number of aromatic nitrogens is 4. The topological polar surface area (TPSA) is 110 Å². The number of para-hydroxylation sites is 1. The number of anilines is 1. The number of thiophene rings is 1. The predicted octanol–water partition coefficient (Wildman–Crippen LogP) is 4.89. The minimum Gasteiger partial charge on any atom is -0.480 e. The molecule has 0 aliphatic heterocycles. The number of carbonyl (C=O) groups is 3. The van der Waals surface area contributed by atoms with Crippen molar-refractivity contribution in [1.82, 2.24) is 19.3 Å². The second-order valence-electron chi connectivity index (χ2n) is 8.91. The van der Waals surface area contributed by atoms with Crippen LogP contribution in [0, 0.1) is 12.7 Å². The van der Waals surface area contributed by atoms with Gasteiger partial charge in [0.1, 0.15) is 28.9 Å². The van der Waals surface area contributed by atoms with Crippen LogP contribution in [0.5, 0.6) is 0 Å². The molecule has 11 heteroatoms. The second kappa shape index (κ2) is 10.3. The highest BCUT2D eigenvalue weighted by atomic mass is 32.1. The highest BCUT2D eigenvalue weighted by Gasteiger charge is 2.29. The monoisotopic (exact) mass is 545 g/mol. The summed E-state index contributed by atoms with van der Waals surface area (Å²) in [7, 11) is 1.51. The van der Waals surface area contributed by atoms with E-state index in [1.807, 2.05) is 13.0 Å². The number of fused-ring (bicyclic) bond motifs is 1. The lowest BCUT2D eigenvalue weighted by atomic mass is 10.0. The van der Waals surface area contributed by atoms with Crippen molar-refractivity contribution in [3.8, 4) is 5.00 Å². The zero-order valence-corrected chi connectivity index (χ0v) is 22.2. The third kappa shape index (κ3) is 4.61. The van der Waals surface area contributed by atoms with E-state index in [1.54, 1.807) is 47.9 Å². The number of nitrogens with zero attached hydrogens (tertiary/aromatic N) is 5. The minimum atomic E-state index is -1.09. The summed E-state index contributed by atoms with van der Waals surface area (Å²) in [6, 6.07) is 16.3. The van der Waals surface area contributed by atoms with E-state index in [-0.39, 0.29) is 22.8 Å². The molecule has 5 aromatic rings. The number of rotatable bonds is 8. The molecular formula is C28H24FN5O4S. The van der Waals surface area contributed by atoms with Gasteiger partial charge in [-0.1, -0.05) is 37.3 Å². The van der Waals surface area contributed by atoms with Crippen molar-refractivity contribution in [3.63, 3.8) is 0 Å². The molecule has 2 aromatic carbocycles. The zero-order valence-electron chi connectivity index (χ0n) is 21.4. The number of ketones is 1. The lowest BCUT2D eigenvalue weighted by molar-refractivity contribution is -0.137. The number of aliphatic carboxylic acids is 1. The van der Waals surface area contributed by atoms with Crippen LogP contribution in [-0.2, 0) is 17.8 Å². The Morgan fingerprint density at radius 1 is 1.03 bits per heavy atom. The van der Waals surface area contributed by atoms with E-state index in [2.05, 4.69) is 10.2 Å². The van der Waals surface area contributed by atoms with Crippen LogP contribution in [0.15, 0.2) is 60.7 Å². The van der Waals surface area contributed by atoms with Crippen molar-refractivity contribution in [2.45, 2.75) is 26.8 Å². The molecule has 1 amide bonds. The van der Waals surface area contributed by atoms with Gasteiger partial charge in [-0.25, -0.2) is 4.39 Å². The summed E-state index contributed by atoms with van der Waals surface area (Å²) in [4.78, 5) is 41.0. The fourth-order valence-corrected chi connectivity index (χ4v) is 5.62. The lowest BCUT2D eigenvalue weighted by Gasteiger charge is -2.19. The van der Waals surface area contributed by atoms with Crippen molar-refractivity contribution in [2.24, 2.45) is 0 Å². The Balaban J connectivity index is 1.61. The first-order valence-corrected chi connectivity index (χ1v) is 12.9. The van der Waals surface area contributed by atoms with Crippen LogP contribution >= 0.6 is 11.3 Å². The van der Waals surface area contributed by atoms with Crippen molar-refractivity contribution < 1.29 is 23.9 Å². The summed E-state index contributed by atoms with van der Waals surface area (Å²) in [6.45, 7) is 3.24. The van der Waals surface area contributed by atoms with Gasteiger partial charge in [-0.15, -0.1) is 21.5 Å². The van der Waals surface area contributed by atoms with Gasteiger partial charge >= 0.3 is 5.97 Å². The number of hydrogen-bond acceptors (Lipinski definition) is 6. The van der Waals surface area contributed by atoms with Crippen molar-refractivity contribution >= 4 is 45.8 Å². The number of hydrogen-bond donors (Lipinski definition) is 1. The Kier molecular flexibility index (Phi) is 6.83. The number of carboxylic acid groups (broad SMARTS) is 1. The van der Waals surface area contributed by atoms with Crippen LogP contribution in [0.1, 0.15) is 44.0 Å². The van der Waals surface area contributed by atoms with Gasteiger partial charge in [0.05, 0.1) is 11.1 Å². The number of amides is 1. The van der Waals surface area contributed by atoms with Gasteiger partial charge in [-0.2, -0.15) is 0 Å². The molecule has 0 aliphatic rings. The van der Waals surface area contributed by atoms with Crippen LogP contribution in [0.2, 0.25) is 0 Å². The Morgan fingerprint density at radius 2 is 1.74 bits per heavy atom. The largest absolute Gasteiger partial charge is 0.480 e. The standard InChI is InChI=1S/C28H24FN5O4S/c1-4-18-14-20(25(37)19-10-6-7-11-21(19)29)27(39-18)34-16(2)30-31-28(34)32(3)26(38)23-13-17-9-5-8-12-22(17)33(23)15-24(35)36/h5-14H,4,15H2,1-3H3,(H,35,36). The number of carbonyl (C=O) groups excluding carboxylic acids is 2. The average molecular weight is 546 g/mol. The molecule has 0 aliphatic carbocycles. The molecule has 1 N–H and O–H groups in total. The molecule has 9 nitrogen and oxygen atoms in total. The van der Waals surface area contributed by atoms with Gasteiger partial charge < -0.3 is 9.67 Å². The third-order valence-electron chi connectivity index (χ3n) is 6.41. The van der Waals surface area contributed by atoms with Crippen molar-refractivity contribution in [3.05, 3.63) is 94.0 Å². The highest BCUT2D eigenvalue weighted by Crippen LogP contribution is 2.33. The van der Waals surface area contributed by atoms with E-state index in [4.69, 9.17) is 0 Å². The maximum absolute atomic E-state index is 14.5. The number of aryl methyl sites for hydroxylation is 2. The summed E-state index contributed by atoms with van der Waals surface area (Å²) in [5.74, 6) is -2.16. The van der Waals surface area contributed by atoms with Gasteiger partial charge in [0.25, 0.3) is 5.91 Å². The first-order chi connectivity index (χ1) is 18.7. The smallest absolute Gasteiger partial charge is 0.323 e. The van der Waals surface area contributed by atoms with Crippen molar-refractivity contribution in [1.29, 1.82) is 0 Å². The van der Waals surface area contributed by atoms with Gasteiger partial charge in [0.15, 0.2) is 5.78 Å². The molecule has 0 radical (unpaired) electrons. The molecule has 0 spiro atoms. The molecule has 0 saturated heterocycles. The van der Waals surface area contributed by atoms with E-state index >= 15 is 0 Å². The molecule has 198 valence electrons. The molecule has 0 unspecified atom stereocenters. The molecular weight excluding hydrogens is 521 g/mol. The quantitative estimate of drug-likeness (QED) is 0.278. The molecule has 3 aromatic heterocycles. The van der Waals surface area contributed by atoms with Crippen LogP contribution in [-0.4, -0.2) is 49.1 Å². The highest BCUT2D eigenvalue weighted by molar-refractivity contribution is 7.15. The first kappa shape index (κ1) is 26.0. The van der Waals surface area contributed by atoms with Gasteiger partial charge in [0.2, 0.25) is 5.95 Å². The van der Waals surface area contributed by atoms with Crippen LogP contribution in [0.25, 0.3) is 15.9 Å². The molecule has 0 atom stereocenters.